The van der Waals surface area contributed by atoms with Gasteiger partial charge in [-0.25, -0.2) is 18.6 Å². The van der Waals surface area contributed by atoms with Gasteiger partial charge in [0.25, 0.3) is 0 Å². The number of halogens is 2. The second-order valence-electron chi connectivity index (χ2n) is 10.9. The number of carbonyl (C=O) groups is 1. The van der Waals surface area contributed by atoms with Crippen LogP contribution in [0.3, 0.4) is 0 Å². The van der Waals surface area contributed by atoms with Gasteiger partial charge >= 0.3 is 5.97 Å². The van der Waals surface area contributed by atoms with Gasteiger partial charge in [0.05, 0.1) is 34.1 Å². The number of fused-ring (bicyclic) bond motifs is 3. The lowest BCUT2D eigenvalue weighted by molar-refractivity contribution is 0.0147. The number of rotatable bonds is 7. The smallest absolute Gasteiger partial charge is 0.335 e. The average Bonchev–Trinajstić information content (AvgIpc) is 3.42. The molecule has 39 heavy (non-hydrogen) atoms. The molecule has 1 N–H and O–H groups in total. The van der Waals surface area contributed by atoms with E-state index in [0.29, 0.717) is 11.3 Å². The van der Waals surface area contributed by atoms with Crippen LogP contribution in [0.15, 0.2) is 34.9 Å². The quantitative estimate of drug-likeness (QED) is 0.269. The Bertz CT molecular complexity index is 1560. The molecule has 202 valence electrons. The normalized spacial score (nSPS) is 22.6. The standard InChI is InChI=1S/C29H27F2N3O4S/c1-14-9-16(28(35)36)10-23-25(14)32-29(39-23)34-17-7-8-18(34)12-19(11-17)37-13-20-26(33-38-27(20)15-5-6-15)24-21(30)3-2-4-22(24)31/h2-4,9-10,15,17-19H,5-8,11-13H2,1H3,(H,35,36). The summed E-state index contributed by atoms with van der Waals surface area (Å²) in [6.45, 7) is 2.09. The van der Waals surface area contributed by atoms with Gasteiger partial charge < -0.3 is 19.3 Å². The molecule has 1 saturated carbocycles. The van der Waals surface area contributed by atoms with Gasteiger partial charge in [-0.05, 0) is 75.3 Å². The topological polar surface area (TPSA) is 88.7 Å². The number of nitrogens with zero attached hydrogens (tertiary/aromatic N) is 3. The summed E-state index contributed by atoms with van der Waals surface area (Å²) in [7, 11) is 0. The predicted molar refractivity (Wildman–Crippen MR) is 142 cm³/mol. The first-order valence-corrected chi connectivity index (χ1v) is 14.2. The van der Waals surface area contributed by atoms with Crippen molar-refractivity contribution in [1.82, 2.24) is 10.1 Å². The monoisotopic (exact) mass is 551 g/mol. The molecule has 2 bridgehead atoms. The van der Waals surface area contributed by atoms with Gasteiger partial charge in [-0.2, -0.15) is 0 Å². The number of piperidine rings is 1. The first kappa shape index (κ1) is 24.7. The molecule has 2 unspecified atom stereocenters. The molecular weight excluding hydrogens is 524 g/mol. The maximum absolute atomic E-state index is 14.6. The number of ether oxygens (including phenoxy) is 1. The maximum Gasteiger partial charge on any atom is 0.335 e. The molecule has 2 aliphatic heterocycles. The second kappa shape index (κ2) is 9.38. The molecule has 2 aromatic heterocycles. The molecule has 2 aromatic carbocycles. The van der Waals surface area contributed by atoms with Crippen LogP contribution < -0.4 is 4.90 Å². The Morgan fingerprint density at radius 1 is 1.15 bits per heavy atom. The number of aromatic carboxylic acids is 1. The number of aromatic nitrogens is 2. The summed E-state index contributed by atoms with van der Waals surface area (Å²) in [5.41, 5.74) is 2.66. The number of carboxylic acid groups (broad SMARTS) is 1. The summed E-state index contributed by atoms with van der Waals surface area (Å²) in [5, 5.41) is 14.4. The molecule has 3 aliphatic rings. The molecule has 2 atom stereocenters. The zero-order valence-corrected chi connectivity index (χ0v) is 22.1. The van der Waals surface area contributed by atoms with Crippen molar-refractivity contribution in [2.45, 2.75) is 76.2 Å². The molecule has 1 aliphatic carbocycles. The third kappa shape index (κ3) is 4.30. The van der Waals surface area contributed by atoms with E-state index < -0.39 is 17.6 Å². The summed E-state index contributed by atoms with van der Waals surface area (Å²) in [6, 6.07) is 7.71. The molecule has 0 radical (unpaired) electrons. The molecule has 7 nitrogen and oxygen atoms in total. The summed E-state index contributed by atoms with van der Waals surface area (Å²) in [4.78, 5) is 18.8. The van der Waals surface area contributed by atoms with Gasteiger partial charge in [0.2, 0.25) is 0 Å². The number of thiazole rings is 1. The largest absolute Gasteiger partial charge is 0.478 e. The summed E-state index contributed by atoms with van der Waals surface area (Å²) >= 11 is 1.54. The fraction of sp³-hybridized carbons (Fsp3) is 0.414. The predicted octanol–water partition coefficient (Wildman–Crippen LogP) is 6.83. The van der Waals surface area contributed by atoms with Crippen molar-refractivity contribution in [3.63, 3.8) is 0 Å². The van der Waals surface area contributed by atoms with Crippen molar-refractivity contribution in [3.05, 3.63) is 64.4 Å². The van der Waals surface area contributed by atoms with E-state index in [1.807, 2.05) is 6.92 Å². The Balaban J connectivity index is 1.11. The summed E-state index contributed by atoms with van der Waals surface area (Å²) < 4.78 is 42.1. The highest BCUT2D eigenvalue weighted by Crippen LogP contribution is 2.46. The zero-order valence-electron chi connectivity index (χ0n) is 21.3. The molecule has 4 aromatic rings. The first-order valence-electron chi connectivity index (χ1n) is 13.3. The van der Waals surface area contributed by atoms with Crippen LogP contribution in [0.4, 0.5) is 13.9 Å². The van der Waals surface area contributed by atoms with Crippen molar-refractivity contribution >= 4 is 32.7 Å². The van der Waals surface area contributed by atoms with Gasteiger partial charge in [0, 0.05) is 23.6 Å². The number of carboxylic acids is 1. The third-order valence-electron chi connectivity index (χ3n) is 8.26. The minimum Gasteiger partial charge on any atom is -0.478 e. The Labute approximate surface area is 227 Å². The zero-order chi connectivity index (χ0) is 26.8. The molecule has 10 heteroatoms. The number of hydrogen-bond acceptors (Lipinski definition) is 7. The minimum atomic E-state index is -0.938. The van der Waals surface area contributed by atoms with Crippen molar-refractivity contribution < 1.29 is 27.9 Å². The van der Waals surface area contributed by atoms with Crippen molar-refractivity contribution in [1.29, 1.82) is 0 Å². The van der Waals surface area contributed by atoms with Crippen LogP contribution in [-0.2, 0) is 11.3 Å². The van der Waals surface area contributed by atoms with Gasteiger partial charge in [-0.15, -0.1) is 0 Å². The molecule has 3 fully saturated rings. The SMILES string of the molecule is Cc1cc(C(=O)O)cc2sc(N3C4CCC3CC(OCc3c(-c5c(F)cccc5F)noc3C3CC3)C4)nc12. The third-order valence-corrected chi connectivity index (χ3v) is 9.28. The Morgan fingerprint density at radius 3 is 2.54 bits per heavy atom. The van der Waals surface area contributed by atoms with Gasteiger partial charge in [-0.3, -0.25) is 0 Å². The van der Waals surface area contributed by atoms with E-state index in [4.69, 9.17) is 14.2 Å². The van der Waals surface area contributed by atoms with Crippen LogP contribution in [-0.4, -0.2) is 39.4 Å². The number of benzene rings is 2. The van der Waals surface area contributed by atoms with Crippen LogP contribution in [0.5, 0.6) is 0 Å². The highest BCUT2D eigenvalue weighted by molar-refractivity contribution is 7.22. The van der Waals surface area contributed by atoms with E-state index in [1.165, 1.54) is 18.2 Å². The van der Waals surface area contributed by atoms with E-state index in [2.05, 4.69) is 10.1 Å². The second-order valence-corrected chi connectivity index (χ2v) is 11.9. The molecule has 4 heterocycles. The van der Waals surface area contributed by atoms with Crippen LogP contribution in [0, 0.1) is 18.6 Å². The fourth-order valence-corrected chi connectivity index (χ4v) is 7.47. The van der Waals surface area contributed by atoms with E-state index in [1.54, 1.807) is 23.5 Å². The van der Waals surface area contributed by atoms with Crippen LogP contribution in [0.2, 0.25) is 0 Å². The van der Waals surface area contributed by atoms with E-state index in [-0.39, 0.29) is 47.5 Å². The Kier molecular flexibility index (Phi) is 5.93. The minimum absolute atomic E-state index is 0.00579. The van der Waals surface area contributed by atoms with E-state index in [0.717, 1.165) is 59.4 Å². The Morgan fingerprint density at radius 2 is 1.87 bits per heavy atom. The number of aryl methyl sites for hydroxylation is 1. The van der Waals surface area contributed by atoms with Gasteiger partial charge in [0.1, 0.15) is 23.1 Å². The summed E-state index contributed by atoms with van der Waals surface area (Å²) in [5.74, 6) is -1.37. The first-order chi connectivity index (χ1) is 18.9. The lowest BCUT2D eigenvalue weighted by Gasteiger charge is -2.38. The van der Waals surface area contributed by atoms with Crippen LogP contribution >= 0.6 is 11.3 Å². The molecule has 0 amide bonds. The number of anilines is 1. The fourth-order valence-electron chi connectivity index (χ4n) is 6.24. The van der Waals surface area contributed by atoms with Crippen molar-refractivity contribution in [2.24, 2.45) is 0 Å². The Hall–Kier alpha value is -3.37. The van der Waals surface area contributed by atoms with Gasteiger partial charge in [-0.1, -0.05) is 22.6 Å². The lowest BCUT2D eigenvalue weighted by atomic mass is 10.00. The molecular formula is C29H27F2N3O4S. The van der Waals surface area contributed by atoms with Crippen molar-refractivity contribution in [3.8, 4) is 11.3 Å². The maximum atomic E-state index is 14.6. The highest BCUT2D eigenvalue weighted by atomic mass is 32.1. The number of hydrogen-bond donors (Lipinski definition) is 1. The highest BCUT2D eigenvalue weighted by Gasteiger charge is 2.43. The molecule has 0 spiro atoms. The molecule has 7 rings (SSSR count). The lowest BCUT2D eigenvalue weighted by Crippen LogP contribution is -2.45. The van der Waals surface area contributed by atoms with Gasteiger partial charge in [0.15, 0.2) is 5.13 Å². The molecule has 2 saturated heterocycles. The van der Waals surface area contributed by atoms with E-state index in [9.17, 15) is 18.7 Å². The summed E-state index contributed by atoms with van der Waals surface area (Å²) in [6.07, 6.45) is 5.64. The van der Waals surface area contributed by atoms with Crippen LogP contribution in [0.1, 0.15) is 71.7 Å². The average molecular weight is 552 g/mol. The van der Waals surface area contributed by atoms with E-state index >= 15 is 0 Å². The van der Waals surface area contributed by atoms with Crippen LogP contribution in [0.25, 0.3) is 21.5 Å². The van der Waals surface area contributed by atoms with Crippen molar-refractivity contribution in [2.75, 3.05) is 4.90 Å².